The molecule has 0 atom stereocenters. The second-order valence-electron chi connectivity index (χ2n) is 5.13. The molecule has 4 nitrogen and oxygen atoms in total. The predicted molar refractivity (Wildman–Crippen MR) is 93.4 cm³/mol. The van der Waals surface area contributed by atoms with Crippen molar-refractivity contribution >= 4 is 21.6 Å². The zero-order chi connectivity index (χ0) is 16.7. The van der Waals surface area contributed by atoms with Crippen molar-refractivity contribution in [1.29, 1.82) is 0 Å². The standard InChI is InChI=1S/C17H20ClNO3S/c1-2-14-6-8-17(9-7-14)22-11-10-19-23(20,21)13-15-4-3-5-16(18)12-15/h3-9,12,19H,2,10-11,13H2,1H3. The Morgan fingerprint density at radius 2 is 1.83 bits per heavy atom. The highest BCUT2D eigenvalue weighted by molar-refractivity contribution is 7.88. The average Bonchev–Trinajstić information content (AvgIpc) is 2.52. The van der Waals surface area contributed by atoms with Crippen LogP contribution in [0.2, 0.25) is 5.02 Å². The van der Waals surface area contributed by atoms with E-state index in [1.54, 1.807) is 24.3 Å². The van der Waals surface area contributed by atoms with Gasteiger partial charge in [0.05, 0.1) is 5.75 Å². The molecule has 0 spiro atoms. The Morgan fingerprint density at radius 3 is 2.48 bits per heavy atom. The minimum atomic E-state index is -3.41. The van der Waals surface area contributed by atoms with Gasteiger partial charge in [-0.3, -0.25) is 0 Å². The van der Waals surface area contributed by atoms with E-state index in [0.717, 1.165) is 12.2 Å². The van der Waals surface area contributed by atoms with Crippen molar-refractivity contribution in [3.05, 3.63) is 64.7 Å². The number of aryl methyl sites for hydroxylation is 1. The zero-order valence-electron chi connectivity index (χ0n) is 13.0. The maximum absolute atomic E-state index is 12.0. The Kier molecular flexibility index (Phi) is 6.45. The van der Waals surface area contributed by atoms with Crippen LogP contribution in [-0.2, 0) is 22.2 Å². The van der Waals surface area contributed by atoms with E-state index in [9.17, 15) is 8.42 Å². The van der Waals surface area contributed by atoms with E-state index in [0.29, 0.717) is 10.6 Å². The Hall–Kier alpha value is -1.56. The van der Waals surface area contributed by atoms with Crippen LogP contribution in [-0.4, -0.2) is 21.6 Å². The van der Waals surface area contributed by atoms with Crippen LogP contribution in [0.25, 0.3) is 0 Å². The maximum atomic E-state index is 12.0. The first-order chi connectivity index (χ1) is 11.0. The van der Waals surface area contributed by atoms with Gasteiger partial charge < -0.3 is 4.74 Å². The van der Waals surface area contributed by atoms with Gasteiger partial charge in [0.1, 0.15) is 12.4 Å². The monoisotopic (exact) mass is 353 g/mol. The van der Waals surface area contributed by atoms with Crippen LogP contribution in [0.4, 0.5) is 0 Å². The maximum Gasteiger partial charge on any atom is 0.215 e. The van der Waals surface area contributed by atoms with Crippen molar-refractivity contribution in [3.63, 3.8) is 0 Å². The number of nitrogens with one attached hydrogen (secondary N) is 1. The molecule has 0 saturated heterocycles. The third-order valence-corrected chi connectivity index (χ3v) is 4.86. The minimum absolute atomic E-state index is 0.0985. The SMILES string of the molecule is CCc1ccc(OCCNS(=O)(=O)Cc2cccc(Cl)c2)cc1. The smallest absolute Gasteiger partial charge is 0.215 e. The van der Waals surface area contributed by atoms with Crippen molar-refractivity contribution < 1.29 is 13.2 Å². The third kappa shape index (κ3) is 6.22. The molecule has 2 rings (SSSR count). The van der Waals surface area contributed by atoms with Crippen LogP contribution in [0.5, 0.6) is 5.75 Å². The second kappa shape index (κ2) is 8.34. The molecule has 23 heavy (non-hydrogen) atoms. The Bertz CT molecular complexity index is 730. The summed E-state index contributed by atoms with van der Waals surface area (Å²) in [7, 11) is -3.41. The molecule has 0 saturated carbocycles. The normalized spacial score (nSPS) is 11.4. The summed E-state index contributed by atoms with van der Waals surface area (Å²) >= 11 is 5.85. The lowest BCUT2D eigenvalue weighted by Crippen LogP contribution is -2.29. The van der Waals surface area contributed by atoms with E-state index in [1.165, 1.54) is 5.56 Å². The highest BCUT2D eigenvalue weighted by Gasteiger charge is 2.11. The van der Waals surface area contributed by atoms with Gasteiger partial charge >= 0.3 is 0 Å². The van der Waals surface area contributed by atoms with Gasteiger partial charge in [-0.1, -0.05) is 42.8 Å². The van der Waals surface area contributed by atoms with E-state index in [1.807, 2.05) is 24.3 Å². The number of halogens is 1. The summed E-state index contributed by atoms with van der Waals surface area (Å²) in [4.78, 5) is 0. The fourth-order valence-corrected chi connectivity index (χ4v) is 3.41. The molecule has 0 amide bonds. The summed E-state index contributed by atoms with van der Waals surface area (Å²) in [6.45, 7) is 2.59. The molecule has 1 N–H and O–H groups in total. The molecule has 0 heterocycles. The number of rotatable bonds is 8. The zero-order valence-corrected chi connectivity index (χ0v) is 14.5. The largest absolute Gasteiger partial charge is 0.492 e. The van der Waals surface area contributed by atoms with Crippen LogP contribution >= 0.6 is 11.6 Å². The van der Waals surface area contributed by atoms with Crippen molar-refractivity contribution in [3.8, 4) is 5.75 Å². The van der Waals surface area contributed by atoms with Crippen LogP contribution in [0.1, 0.15) is 18.1 Å². The molecule has 0 unspecified atom stereocenters. The van der Waals surface area contributed by atoms with Crippen LogP contribution < -0.4 is 9.46 Å². The van der Waals surface area contributed by atoms with Crippen molar-refractivity contribution in [1.82, 2.24) is 4.72 Å². The van der Waals surface area contributed by atoms with E-state index in [-0.39, 0.29) is 18.9 Å². The summed E-state index contributed by atoms with van der Waals surface area (Å²) in [5.41, 5.74) is 1.89. The molecule has 124 valence electrons. The minimum Gasteiger partial charge on any atom is -0.492 e. The van der Waals surface area contributed by atoms with Gasteiger partial charge in [-0.15, -0.1) is 0 Å². The molecule has 0 radical (unpaired) electrons. The Labute approximate surface area is 142 Å². The van der Waals surface area contributed by atoms with Gasteiger partial charge in [-0.2, -0.15) is 0 Å². The first kappa shape index (κ1) is 17.8. The summed E-state index contributed by atoms with van der Waals surface area (Å²) in [6.07, 6.45) is 0.976. The molecule has 0 aliphatic rings. The number of hydrogen-bond donors (Lipinski definition) is 1. The van der Waals surface area contributed by atoms with E-state index < -0.39 is 10.0 Å². The number of hydrogen-bond acceptors (Lipinski definition) is 3. The average molecular weight is 354 g/mol. The fraction of sp³-hybridized carbons (Fsp3) is 0.294. The molecule has 2 aromatic rings. The number of benzene rings is 2. The van der Waals surface area contributed by atoms with Gasteiger partial charge in [0, 0.05) is 11.6 Å². The Balaban J connectivity index is 1.78. The molecule has 0 aliphatic carbocycles. The van der Waals surface area contributed by atoms with Crippen LogP contribution in [0, 0.1) is 0 Å². The van der Waals surface area contributed by atoms with Gasteiger partial charge in [0.2, 0.25) is 10.0 Å². The summed E-state index contributed by atoms with van der Waals surface area (Å²) in [5, 5.41) is 0.525. The summed E-state index contributed by atoms with van der Waals surface area (Å²) in [6, 6.07) is 14.6. The summed E-state index contributed by atoms with van der Waals surface area (Å²) < 4.78 is 32.0. The lowest BCUT2D eigenvalue weighted by molar-refractivity contribution is 0.322. The van der Waals surface area contributed by atoms with Crippen molar-refractivity contribution in [2.45, 2.75) is 19.1 Å². The fourth-order valence-electron chi connectivity index (χ4n) is 2.08. The van der Waals surface area contributed by atoms with Gasteiger partial charge in [0.25, 0.3) is 0 Å². The molecule has 0 bridgehead atoms. The second-order valence-corrected chi connectivity index (χ2v) is 7.37. The molecule has 0 aromatic heterocycles. The van der Waals surface area contributed by atoms with Crippen molar-refractivity contribution in [2.24, 2.45) is 0 Å². The molecule has 2 aromatic carbocycles. The predicted octanol–water partition coefficient (Wildman–Crippen LogP) is 3.40. The van der Waals surface area contributed by atoms with Crippen LogP contribution in [0.3, 0.4) is 0 Å². The number of sulfonamides is 1. The molecular formula is C17H20ClNO3S. The quantitative estimate of drug-likeness (QED) is 0.740. The van der Waals surface area contributed by atoms with Gasteiger partial charge in [0.15, 0.2) is 0 Å². The third-order valence-electron chi connectivity index (χ3n) is 3.27. The summed E-state index contributed by atoms with van der Waals surface area (Å²) in [5.74, 6) is 0.634. The van der Waals surface area contributed by atoms with E-state index in [2.05, 4.69) is 11.6 Å². The van der Waals surface area contributed by atoms with E-state index >= 15 is 0 Å². The molecular weight excluding hydrogens is 334 g/mol. The molecule has 6 heteroatoms. The van der Waals surface area contributed by atoms with Crippen molar-refractivity contribution in [2.75, 3.05) is 13.2 Å². The van der Waals surface area contributed by atoms with Gasteiger partial charge in [-0.25, -0.2) is 13.1 Å². The highest BCUT2D eigenvalue weighted by Crippen LogP contribution is 2.13. The molecule has 0 aliphatic heterocycles. The highest BCUT2D eigenvalue weighted by atomic mass is 35.5. The first-order valence-corrected chi connectivity index (χ1v) is 9.45. The lowest BCUT2D eigenvalue weighted by atomic mass is 10.2. The Morgan fingerprint density at radius 1 is 1.09 bits per heavy atom. The van der Waals surface area contributed by atoms with Crippen LogP contribution in [0.15, 0.2) is 48.5 Å². The molecule has 0 fully saturated rings. The van der Waals surface area contributed by atoms with E-state index in [4.69, 9.17) is 16.3 Å². The lowest BCUT2D eigenvalue weighted by Gasteiger charge is -2.09. The number of ether oxygens (including phenoxy) is 1. The topological polar surface area (TPSA) is 55.4 Å². The first-order valence-electron chi connectivity index (χ1n) is 7.42. The van der Waals surface area contributed by atoms with Gasteiger partial charge in [-0.05, 0) is 41.8 Å².